The zero-order valence-electron chi connectivity index (χ0n) is 12.1. The van der Waals surface area contributed by atoms with Crippen molar-refractivity contribution >= 4 is 17.5 Å². The molecule has 116 valence electrons. The Morgan fingerprint density at radius 3 is 3.05 bits per heavy atom. The van der Waals surface area contributed by atoms with E-state index in [1.807, 2.05) is 0 Å². The summed E-state index contributed by atoms with van der Waals surface area (Å²) in [6.45, 7) is 2.97. The number of amides is 1. The van der Waals surface area contributed by atoms with Gasteiger partial charge >= 0.3 is 0 Å². The van der Waals surface area contributed by atoms with E-state index in [1.165, 1.54) is 12.6 Å². The van der Waals surface area contributed by atoms with E-state index in [0.717, 1.165) is 32.4 Å². The summed E-state index contributed by atoms with van der Waals surface area (Å²) in [5, 5.41) is 12.5. The van der Waals surface area contributed by atoms with Crippen molar-refractivity contribution in [3.8, 4) is 0 Å². The van der Waals surface area contributed by atoms with Crippen LogP contribution in [0.15, 0.2) is 18.3 Å². The molecule has 0 saturated carbocycles. The van der Waals surface area contributed by atoms with Gasteiger partial charge in [0, 0.05) is 18.8 Å². The van der Waals surface area contributed by atoms with Crippen molar-refractivity contribution in [2.75, 3.05) is 26.2 Å². The van der Waals surface area contributed by atoms with Crippen molar-refractivity contribution in [2.45, 2.75) is 31.7 Å². The fourth-order valence-corrected chi connectivity index (χ4v) is 2.76. The van der Waals surface area contributed by atoms with Crippen molar-refractivity contribution in [1.82, 2.24) is 15.2 Å². The molecular formula is C15H22ClN3O2. The number of aromatic nitrogens is 1. The van der Waals surface area contributed by atoms with Crippen LogP contribution >= 0.6 is 11.6 Å². The van der Waals surface area contributed by atoms with Crippen LogP contribution in [0.25, 0.3) is 0 Å². The standard InChI is InChI=1S/C15H22ClN3O2/c16-14-6-5-12(10-18-14)15(21)17-7-1-2-8-19-9-3-4-13(19)11-20/h5-6,10,13,20H,1-4,7-9,11H2,(H,17,21). The van der Waals surface area contributed by atoms with E-state index >= 15 is 0 Å². The van der Waals surface area contributed by atoms with Crippen LogP contribution in [-0.4, -0.2) is 53.2 Å². The Morgan fingerprint density at radius 2 is 2.33 bits per heavy atom. The van der Waals surface area contributed by atoms with E-state index in [1.54, 1.807) is 12.1 Å². The van der Waals surface area contributed by atoms with Crippen LogP contribution in [0.5, 0.6) is 0 Å². The van der Waals surface area contributed by atoms with Crippen LogP contribution < -0.4 is 5.32 Å². The van der Waals surface area contributed by atoms with E-state index in [-0.39, 0.29) is 12.5 Å². The molecule has 21 heavy (non-hydrogen) atoms. The highest BCUT2D eigenvalue weighted by molar-refractivity contribution is 6.29. The Kier molecular flexibility index (Phi) is 6.42. The minimum absolute atomic E-state index is 0.117. The van der Waals surface area contributed by atoms with Gasteiger partial charge in [0.25, 0.3) is 5.91 Å². The van der Waals surface area contributed by atoms with Crippen molar-refractivity contribution in [1.29, 1.82) is 0 Å². The average molecular weight is 312 g/mol. The van der Waals surface area contributed by atoms with E-state index < -0.39 is 0 Å². The van der Waals surface area contributed by atoms with Crippen molar-refractivity contribution in [3.63, 3.8) is 0 Å². The highest BCUT2D eigenvalue weighted by Crippen LogP contribution is 2.16. The number of nitrogens with zero attached hydrogens (tertiary/aromatic N) is 2. The molecule has 1 atom stereocenters. The summed E-state index contributed by atoms with van der Waals surface area (Å²) in [7, 11) is 0. The smallest absolute Gasteiger partial charge is 0.252 e. The molecule has 1 aliphatic heterocycles. The van der Waals surface area contributed by atoms with Gasteiger partial charge in [-0.15, -0.1) is 0 Å². The lowest BCUT2D eigenvalue weighted by Crippen LogP contribution is -2.33. The molecule has 1 saturated heterocycles. The summed E-state index contributed by atoms with van der Waals surface area (Å²) in [6.07, 6.45) is 5.70. The van der Waals surface area contributed by atoms with Gasteiger partial charge in [-0.1, -0.05) is 11.6 Å². The zero-order valence-corrected chi connectivity index (χ0v) is 12.9. The first-order chi connectivity index (χ1) is 10.2. The number of aliphatic hydroxyl groups excluding tert-OH is 1. The van der Waals surface area contributed by atoms with Crippen molar-refractivity contribution in [3.05, 3.63) is 29.0 Å². The molecule has 1 amide bonds. The largest absolute Gasteiger partial charge is 0.395 e. The predicted molar refractivity (Wildman–Crippen MR) is 82.5 cm³/mol. The lowest BCUT2D eigenvalue weighted by Gasteiger charge is -2.22. The molecule has 0 aliphatic carbocycles. The van der Waals surface area contributed by atoms with Gasteiger partial charge in [0.2, 0.25) is 0 Å². The van der Waals surface area contributed by atoms with Gasteiger partial charge in [-0.25, -0.2) is 4.98 Å². The number of carbonyl (C=O) groups is 1. The number of hydrogen-bond donors (Lipinski definition) is 2. The van der Waals surface area contributed by atoms with Crippen molar-refractivity contribution in [2.24, 2.45) is 0 Å². The normalized spacial score (nSPS) is 18.9. The number of nitrogens with one attached hydrogen (secondary N) is 1. The van der Waals surface area contributed by atoms with Crippen LogP contribution in [0.3, 0.4) is 0 Å². The minimum atomic E-state index is -0.117. The fourth-order valence-electron chi connectivity index (χ4n) is 2.65. The molecule has 1 aromatic rings. The molecule has 5 nitrogen and oxygen atoms in total. The number of likely N-dealkylation sites (tertiary alicyclic amines) is 1. The molecule has 1 aromatic heterocycles. The maximum Gasteiger partial charge on any atom is 0.252 e. The SMILES string of the molecule is O=C(NCCCCN1CCCC1CO)c1ccc(Cl)nc1. The van der Waals surface area contributed by atoms with E-state index in [4.69, 9.17) is 11.6 Å². The lowest BCUT2D eigenvalue weighted by molar-refractivity contribution is 0.0952. The monoisotopic (exact) mass is 311 g/mol. The summed E-state index contributed by atoms with van der Waals surface area (Å²) >= 11 is 5.68. The quantitative estimate of drug-likeness (QED) is 0.594. The van der Waals surface area contributed by atoms with E-state index in [0.29, 0.717) is 23.3 Å². The highest BCUT2D eigenvalue weighted by Gasteiger charge is 2.22. The van der Waals surface area contributed by atoms with Crippen LogP contribution in [0, 0.1) is 0 Å². The van der Waals surface area contributed by atoms with Gasteiger partial charge in [-0.05, 0) is 50.9 Å². The molecule has 0 radical (unpaired) electrons. The molecular weight excluding hydrogens is 290 g/mol. The van der Waals surface area contributed by atoms with E-state index in [2.05, 4.69) is 15.2 Å². The molecule has 2 heterocycles. The molecule has 1 fully saturated rings. The third kappa shape index (κ3) is 4.95. The number of hydrogen-bond acceptors (Lipinski definition) is 4. The summed E-state index contributed by atoms with van der Waals surface area (Å²) in [6, 6.07) is 3.61. The number of unbranched alkanes of at least 4 members (excludes halogenated alkanes) is 1. The Balaban J connectivity index is 1.61. The summed E-state index contributed by atoms with van der Waals surface area (Å²) in [5.41, 5.74) is 0.527. The summed E-state index contributed by atoms with van der Waals surface area (Å²) in [5.74, 6) is -0.117. The van der Waals surface area contributed by atoms with E-state index in [9.17, 15) is 9.90 Å². The molecule has 1 aliphatic rings. The molecule has 2 N–H and O–H groups in total. The molecule has 2 rings (SSSR count). The molecule has 6 heteroatoms. The first kappa shape index (κ1) is 16.2. The van der Waals surface area contributed by atoms with Crippen molar-refractivity contribution < 1.29 is 9.90 Å². The van der Waals surface area contributed by atoms with Crippen LogP contribution in [0.2, 0.25) is 5.15 Å². The third-order valence-electron chi connectivity index (χ3n) is 3.86. The topological polar surface area (TPSA) is 65.5 Å². The number of halogens is 1. The number of aliphatic hydroxyl groups is 1. The second-order valence-electron chi connectivity index (χ2n) is 5.35. The highest BCUT2D eigenvalue weighted by atomic mass is 35.5. The lowest BCUT2D eigenvalue weighted by atomic mass is 10.2. The Bertz CT molecular complexity index is 453. The predicted octanol–water partition coefficient (Wildman–Crippen LogP) is 1.70. The van der Waals surface area contributed by atoms with Crippen LogP contribution in [0.4, 0.5) is 0 Å². The fraction of sp³-hybridized carbons (Fsp3) is 0.600. The summed E-state index contributed by atoms with van der Waals surface area (Å²) < 4.78 is 0. The first-order valence-corrected chi connectivity index (χ1v) is 7.83. The minimum Gasteiger partial charge on any atom is -0.395 e. The molecule has 0 bridgehead atoms. The average Bonchev–Trinajstić information content (AvgIpc) is 2.95. The summed E-state index contributed by atoms with van der Waals surface area (Å²) in [4.78, 5) is 18.1. The van der Waals surface area contributed by atoms with Gasteiger partial charge in [-0.2, -0.15) is 0 Å². The zero-order chi connectivity index (χ0) is 15.1. The van der Waals surface area contributed by atoms with Crippen LogP contribution in [-0.2, 0) is 0 Å². The van der Waals surface area contributed by atoms with Crippen LogP contribution in [0.1, 0.15) is 36.0 Å². The Morgan fingerprint density at radius 1 is 1.48 bits per heavy atom. The van der Waals surface area contributed by atoms with Gasteiger partial charge in [0.15, 0.2) is 0 Å². The second kappa shape index (κ2) is 8.32. The van der Waals surface area contributed by atoms with Gasteiger partial charge in [0.05, 0.1) is 12.2 Å². The number of rotatable bonds is 7. The second-order valence-corrected chi connectivity index (χ2v) is 5.73. The Hall–Kier alpha value is -1.17. The maximum absolute atomic E-state index is 11.8. The Labute approximate surface area is 130 Å². The molecule has 0 spiro atoms. The van der Waals surface area contributed by atoms with Gasteiger partial charge in [-0.3, -0.25) is 9.69 Å². The molecule has 1 unspecified atom stereocenters. The first-order valence-electron chi connectivity index (χ1n) is 7.45. The number of pyridine rings is 1. The number of carbonyl (C=O) groups excluding carboxylic acids is 1. The van der Waals surface area contributed by atoms with Gasteiger partial charge in [0.1, 0.15) is 5.15 Å². The maximum atomic E-state index is 11.8. The third-order valence-corrected chi connectivity index (χ3v) is 4.08. The van der Waals surface area contributed by atoms with Gasteiger partial charge < -0.3 is 10.4 Å². The molecule has 0 aromatic carbocycles.